The van der Waals surface area contributed by atoms with E-state index in [-0.39, 0.29) is 23.8 Å². The molecule has 2 N–H and O–H groups in total. The van der Waals surface area contributed by atoms with Crippen molar-refractivity contribution in [3.05, 3.63) is 35.4 Å². The number of rotatable bonds is 15. The molecule has 0 heterocycles. The lowest BCUT2D eigenvalue weighted by atomic mass is 9.95. The molecular weight excluding hydrogens is 478 g/mol. The van der Waals surface area contributed by atoms with Gasteiger partial charge in [0.15, 0.2) is 0 Å². The van der Waals surface area contributed by atoms with Crippen molar-refractivity contribution in [2.45, 2.75) is 131 Å². The van der Waals surface area contributed by atoms with E-state index < -0.39 is 23.8 Å². The van der Waals surface area contributed by atoms with Crippen molar-refractivity contribution >= 4 is 17.9 Å². The van der Waals surface area contributed by atoms with Gasteiger partial charge in [-0.3, -0.25) is 9.59 Å². The van der Waals surface area contributed by atoms with Crippen LogP contribution in [0.1, 0.15) is 118 Å². The van der Waals surface area contributed by atoms with E-state index in [2.05, 4.69) is 17.6 Å². The number of alkyl carbamates (subject to hydrolysis) is 1. The Labute approximate surface area is 231 Å². The molecule has 1 aromatic rings. The molecule has 7 nitrogen and oxygen atoms in total. The minimum absolute atomic E-state index is 0.0777. The van der Waals surface area contributed by atoms with Crippen molar-refractivity contribution in [3.8, 4) is 0 Å². The van der Waals surface area contributed by atoms with Crippen molar-refractivity contribution in [3.63, 3.8) is 0 Å². The van der Waals surface area contributed by atoms with Crippen LogP contribution < -0.4 is 10.6 Å². The first-order valence-electron chi connectivity index (χ1n) is 14.5. The Morgan fingerprint density at radius 2 is 1.58 bits per heavy atom. The van der Waals surface area contributed by atoms with Crippen LogP contribution >= 0.6 is 0 Å². The molecule has 3 atom stereocenters. The molecule has 0 aromatic heterocycles. The lowest BCUT2D eigenvalue weighted by Crippen LogP contribution is -2.55. The molecule has 0 aliphatic heterocycles. The number of benzene rings is 1. The zero-order chi connectivity index (χ0) is 28.9. The molecule has 3 unspecified atom stereocenters. The molecule has 0 saturated heterocycles. The molecule has 1 rings (SSSR count). The number of hydrogen-bond acceptors (Lipinski definition) is 4. The Morgan fingerprint density at radius 1 is 0.947 bits per heavy atom. The van der Waals surface area contributed by atoms with Gasteiger partial charge in [0.2, 0.25) is 11.8 Å². The minimum Gasteiger partial charge on any atom is -0.444 e. The first-order valence-corrected chi connectivity index (χ1v) is 14.5. The number of unbranched alkanes of at least 4 members (excludes halogenated alkanes) is 5. The van der Waals surface area contributed by atoms with E-state index in [4.69, 9.17) is 4.74 Å². The van der Waals surface area contributed by atoms with Gasteiger partial charge in [-0.2, -0.15) is 0 Å². The average molecular weight is 532 g/mol. The molecule has 1 aromatic carbocycles. The fourth-order valence-corrected chi connectivity index (χ4v) is 4.40. The topological polar surface area (TPSA) is 87.7 Å². The van der Waals surface area contributed by atoms with Crippen LogP contribution in [0.15, 0.2) is 24.3 Å². The van der Waals surface area contributed by atoms with Gasteiger partial charge in [-0.05, 0) is 59.4 Å². The third-order valence-corrected chi connectivity index (χ3v) is 6.54. The lowest BCUT2D eigenvalue weighted by molar-refractivity contribution is -0.143. The summed E-state index contributed by atoms with van der Waals surface area (Å²) in [6, 6.07) is 6.07. The summed E-state index contributed by atoms with van der Waals surface area (Å²) in [5, 5.41) is 5.86. The summed E-state index contributed by atoms with van der Waals surface area (Å²) in [6.07, 6.45) is 6.43. The van der Waals surface area contributed by atoms with Crippen molar-refractivity contribution in [2.75, 3.05) is 6.54 Å². The van der Waals surface area contributed by atoms with Gasteiger partial charge in [-0.25, -0.2) is 4.79 Å². The van der Waals surface area contributed by atoms with E-state index in [0.29, 0.717) is 13.0 Å². The van der Waals surface area contributed by atoms with E-state index in [0.717, 1.165) is 36.8 Å². The quantitative estimate of drug-likeness (QED) is 0.247. The molecule has 0 aliphatic carbocycles. The fraction of sp³-hybridized carbons (Fsp3) is 0.710. The summed E-state index contributed by atoms with van der Waals surface area (Å²) in [5.74, 6) is -0.623. The highest BCUT2D eigenvalue weighted by molar-refractivity contribution is 5.92. The van der Waals surface area contributed by atoms with Crippen LogP contribution in [0.3, 0.4) is 0 Å². The second-order valence-electron chi connectivity index (χ2n) is 11.8. The Balaban J connectivity index is 3.44. The number of aryl methyl sites for hydroxylation is 1. The molecule has 0 radical (unpaired) electrons. The fourth-order valence-electron chi connectivity index (χ4n) is 4.40. The third kappa shape index (κ3) is 11.9. The van der Waals surface area contributed by atoms with Crippen LogP contribution in [0.25, 0.3) is 0 Å². The second-order valence-corrected chi connectivity index (χ2v) is 11.8. The minimum atomic E-state index is -0.811. The predicted octanol–water partition coefficient (Wildman–Crippen LogP) is 6.69. The van der Waals surface area contributed by atoms with Gasteiger partial charge in [-0.15, -0.1) is 0 Å². The van der Waals surface area contributed by atoms with E-state index in [1.807, 2.05) is 58.9 Å². The molecule has 0 aliphatic rings. The standard InChI is InChI=1S/C31H53N3O4/c1-10-12-13-14-15-16-20-34(27(28(35)32-22(3)4)25-19-17-18-23(5)21-25)29(36)26(24(6)11-2)33-30(37)38-31(7,8)9/h17-19,21-22,24,26-27H,10-16,20H2,1-9H3,(H,32,35)(H,33,37). The molecule has 3 amide bonds. The maximum atomic E-state index is 14.3. The molecule has 7 heteroatoms. The van der Waals surface area contributed by atoms with Crippen molar-refractivity contribution in [1.82, 2.24) is 15.5 Å². The Hall–Kier alpha value is -2.57. The monoisotopic (exact) mass is 531 g/mol. The first kappa shape index (κ1) is 33.5. The Kier molecular flexibility index (Phi) is 14.4. The van der Waals surface area contributed by atoms with Crippen LogP contribution in [0, 0.1) is 12.8 Å². The summed E-state index contributed by atoms with van der Waals surface area (Å²) in [6.45, 7) is 17.7. The van der Waals surface area contributed by atoms with E-state index >= 15 is 0 Å². The summed E-state index contributed by atoms with van der Waals surface area (Å²) in [5.41, 5.74) is 1.09. The average Bonchev–Trinajstić information content (AvgIpc) is 2.81. The molecule has 0 bridgehead atoms. The third-order valence-electron chi connectivity index (χ3n) is 6.54. The largest absolute Gasteiger partial charge is 0.444 e. The highest BCUT2D eigenvalue weighted by Crippen LogP contribution is 2.26. The van der Waals surface area contributed by atoms with Crippen molar-refractivity contribution < 1.29 is 19.1 Å². The summed E-state index contributed by atoms with van der Waals surface area (Å²) < 4.78 is 5.49. The van der Waals surface area contributed by atoms with Crippen LogP contribution in [-0.2, 0) is 14.3 Å². The SMILES string of the molecule is CCCCCCCCN(C(=O)C(NC(=O)OC(C)(C)C)C(C)CC)C(C(=O)NC(C)C)c1cccc(C)c1. The van der Waals surface area contributed by atoms with Gasteiger partial charge in [0.25, 0.3) is 0 Å². The molecule has 0 saturated carbocycles. The molecule has 0 spiro atoms. The van der Waals surface area contributed by atoms with Gasteiger partial charge in [0.05, 0.1) is 0 Å². The second kappa shape index (κ2) is 16.4. The highest BCUT2D eigenvalue weighted by Gasteiger charge is 2.38. The molecule has 216 valence electrons. The van der Waals surface area contributed by atoms with E-state index in [1.54, 1.807) is 25.7 Å². The normalized spacial score (nSPS) is 13.9. The number of nitrogens with one attached hydrogen (secondary N) is 2. The number of carbonyl (C=O) groups excluding carboxylic acids is 3. The zero-order valence-corrected chi connectivity index (χ0v) is 25.4. The van der Waals surface area contributed by atoms with Crippen molar-refractivity contribution in [1.29, 1.82) is 0 Å². The lowest BCUT2D eigenvalue weighted by Gasteiger charge is -2.36. The molecule has 0 fully saturated rings. The van der Waals surface area contributed by atoms with Crippen LogP contribution in [-0.4, -0.2) is 47.0 Å². The number of carbonyl (C=O) groups is 3. The van der Waals surface area contributed by atoms with Crippen molar-refractivity contribution in [2.24, 2.45) is 5.92 Å². The summed E-state index contributed by atoms with van der Waals surface area (Å²) >= 11 is 0. The van der Waals surface area contributed by atoms with Crippen LogP contribution in [0.2, 0.25) is 0 Å². The summed E-state index contributed by atoms with van der Waals surface area (Å²) in [4.78, 5) is 42.4. The Morgan fingerprint density at radius 3 is 2.13 bits per heavy atom. The number of nitrogens with zero attached hydrogens (tertiary/aromatic N) is 1. The summed E-state index contributed by atoms with van der Waals surface area (Å²) in [7, 11) is 0. The van der Waals surface area contributed by atoms with Gasteiger partial charge in [0, 0.05) is 12.6 Å². The number of ether oxygens (including phenoxy) is 1. The smallest absolute Gasteiger partial charge is 0.408 e. The number of amides is 3. The van der Waals surface area contributed by atoms with Gasteiger partial charge in [-0.1, -0.05) is 89.1 Å². The van der Waals surface area contributed by atoms with Gasteiger partial charge >= 0.3 is 6.09 Å². The van der Waals surface area contributed by atoms with Crippen LogP contribution in [0.5, 0.6) is 0 Å². The predicted molar refractivity (Wildman–Crippen MR) is 155 cm³/mol. The maximum absolute atomic E-state index is 14.3. The maximum Gasteiger partial charge on any atom is 0.408 e. The van der Waals surface area contributed by atoms with Gasteiger partial charge in [0.1, 0.15) is 17.7 Å². The number of hydrogen-bond donors (Lipinski definition) is 2. The zero-order valence-electron chi connectivity index (χ0n) is 25.4. The van der Waals surface area contributed by atoms with Gasteiger partial charge < -0.3 is 20.3 Å². The Bertz CT molecular complexity index is 878. The van der Waals surface area contributed by atoms with E-state index in [1.165, 1.54) is 12.8 Å². The first-order chi connectivity index (χ1) is 17.8. The highest BCUT2D eigenvalue weighted by atomic mass is 16.6. The van der Waals surface area contributed by atoms with Crippen LogP contribution in [0.4, 0.5) is 4.79 Å². The molecule has 38 heavy (non-hydrogen) atoms. The molecular formula is C31H53N3O4. The van der Waals surface area contributed by atoms with E-state index in [9.17, 15) is 14.4 Å².